The fourth-order valence-electron chi connectivity index (χ4n) is 4.52. The molecule has 3 aromatic rings. The van der Waals surface area contributed by atoms with Gasteiger partial charge in [0.15, 0.2) is 0 Å². The highest BCUT2D eigenvalue weighted by atomic mass is 16.5. The van der Waals surface area contributed by atoms with Gasteiger partial charge in [0, 0.05) is 13.1 Å². The van der Waals surface area contributed by atoms with E-state index in [0.29, 0.717) is 25.3 Å². The zero-order valence-electron chi connectivity index (χ0n) is 24.8. The Morgan fingerprint density at radius 1 is 1.09 bits per heavy atom. The summed E-state index contributed by atoms with van der Waals surface area (Å²) >= 11 is 0. The van der Waals surface area contributed by atoms with Crippen molar-refractivity contribution in [2.24, 2.45) is 0 Å². The lowest BCUT2D eigenvalue weighted by Gasteiger charge is -2.19. The second kappa shape index (κ2) is 13.9. The number of carboxylic acid groups (broad SMARTS) is 1. The molecule has 1 aliphatic heterocycles. The van der Waals surface area contributed by atoms with Crippen LogP contribution in [-0.2, 0) is 31.1 Å². The molecule has 4 rings (SSSR count). The molecule has 0 unspecified atom stereocenters. The van der Waals surface area contributed by atoms with Crippen molar-refractivity contribution in [3.8, 4) is 0 Å². The van der Waals surface area contributed by atoms with E-state index in [-0.39, 0.29) is 12.0 Å². The molecular formula is C30H37N7O7. The monoisotopic (exact) mass is 607 g/mol. The van der Waals surface area contributed by atoms with E-state index in [0.717, 1.165) is 27.1 Å². The third-order valence-electron chi connectivity index (χ3n) is 7.04. The molecule has 234 valence electrons. The van der Waals surface area contributed by atoms with Gasteiger partial charge in [-0.15, -0.1) is 0 Å². The number of para-hydroxylation sites is 2. The zero-order chi connectivity index (χ0) is 31.9. The van der Waals surface area contributed by atoms with Crippen molar-refractivity contribution in [1.29, 1.82) is 0 Å². The number of urea groups is 1. The summed E-state index contributed by atoms with van der Waals surface area (Å²) in [6.07, 6.45) is -0.0970. The second-order valence-corrected chi connectivity index (χ2v) is 11.5. The summed E-state index contributed by atoms with van der Waals surface area (Å²) in [5, 5.41) is 19.7. The van der Waals surface area contributed by atoms with Crippen molar-refractivity contribution < 1.29 is 33.8 Å². The summed E-state index contributed by atoms with van der Waals surface area (Å²) in [6.45, 7) is 5.59. The van der Waals surface area contributed by atoms with Crippen LogP contribution in [0.1, 0.15) is 44.7 Å². The van der Waals surface area contributed by atoms with Crippen molar-refractivity contribution in [2.45, 2.75) is 57.7 Å². The number of alkyl carbamates (subject to hydrolysis) is 1. The van der Waals surface area contributed by atoms with E-state index in [1.165, 1.54) is 0 Å². The number of benzene rings is 2. The molecule has 0 bridgehead atoms. The van der Waals surface area contributed by atoms with E-state index in [9.17, 15) is 29.1 Å². The van der Waals surface area contributed by atoms with Crippen molar-refractivity contribution >= 4 is 46.9 Å². The molecule has 0 saturated carbocycles. The Hall–Kier alpha value is -5.14. The van der Waals surface area contributed by atoms with Crippen LogP contribution in [0.5, 0.6) is 0 Å². The van der Waals surface area contributed by atoms with Gasteiger partial charge < -0.3 is 36.1 Å². The quantitative estimate of drug-likeness (QED) is 0.125. The molecule has 1 saturated heterocycles. The second-order valence-electron chi connectivity index (χ2n) is 11.5. The van der Waals surface area contributed by atoms with Gasteiger partial charge in [-0.1, -0.05) is 57.2 Å². The van der Waals surface area contributed by atoms with Gasteiger partial charge in [-0.2, -0.15) is 0 Å². The normalized spacial score (nSPS) is 15.5. The van der Waals surface area contributed by atoms with Gasteiger partial charge in [0.2, 0.25) is 11.9 Å². The van der Waals surface area contributed by atoms with Gasteiger partial charge in [0.1, 0.15) is 25.2 Å². The van der Waals surface area contributed by atoms with Crippen LogP contribution in [0.4, 0.5) is 15.5 Å². The Labute approximate surface area is 253 Å². The van der Waals surface area contributed by atoms with Crippen LogP contribution in [-0.4, -0.2) is 81.6 Å². The van der Waals surface area contributed by atoms with Crippen LogP contribution in [0.2, 0.25) is 0 Å². The van der Waals surface area contributed by atoms with Crippen molar-refractivity contribution in [2.75, 3.05) is 25.0 Å². The van der Waals surface area contributed by atoms with Gasteiger partial charge in [-0.25, -0.2) is 19.4 Å². The molecule has 6 N–H and O–H groups in total. The summed E-state index contributed by atoms with van der Waals surface area (Å²) in [4.78, 5) is 69.7. The number of anilines is 1. The highest BCUT2D eigenvalue weighted by Gasteiger charge is 2.38. The van der Waals surface area contributed by atoms with Crippen molar-refractivity contribution in [1.82, 2.24) is 30.8 Å². The fraction of sp³-hybridized carbons (Fsp3) is 0.400. The third-order valence-corrected chi connectivity index (χ3v) is 7.04. The standard InChI is InChI=1S/C30H37N7O7/c1-30(2,3)19-12-10-18(11-13-19)17-44-29(43)36-23(26(40)41)15-32-24(38)16-37-25(39)22(35-28(37)42)9-6-14-31-27-33-20-7-4-5-8-21(20)34-27/h4-5,7-8,10-13,22-23H,6,9,14-17H2,1-3H3,(H,32,38)(H,35,42)(H,36,43)(H,40,41)(H2,31,33,34)/t22-,23-/m0/s1. The number of H-pyrrole nitrogens is 1. The maximum absolute atomic E-state index is 12.7. The molecule has 14 nitrogen and oxygen atoms in total. The molecule has 1 fully saturated rings. The number of ether oxygens (including phenoxy) is 1. The average Bonchev–Trinajstić information content (AvgIpc) is 3.51. The third kappa shape index (κ3) is 8.46. The number of amides is 5. The predicted octanol–water partition coefficient (Wildman–Crippen LogP) is 2.47. The van der Waals surface area contributed by atoms with Gasteiger partial charge in [-0.05, 0) is 41.5 Å². The largest absolute Gasteiger partial charge is 0.480 e. The first kappa shape index (κ1) is 31.8. The number of hydrogen-bond acceptors (Lipinski definition) is 8. The van der Waals surface area contributed by atoms with E-state index < -0.39 is 55.1 Å². The first-order valence-corrected chi connectivity index (χ1v) is 14.2. The highest BCUT2D eigenvalue weighted by molar-refractivity contribution is 6.06. The van der Waals surface area contributed by atoms with Gasteiger partial charge in [0.25, 0.3) is 5.91 Å². The van der Waals surface area contributed by atoms with E-state index in [1.807, 2.05) is 48.5 Å². The maximum Gasteiger partial charge on any atom is 0.408 e. The van der Waals surface area contributed by atoms with Crippen LogP contribution in [0.15, 0.2) is 48.5 Å². The number of carbonyl (C=O) groups is 5. The van der Waals surface area contributed by atoms with Crippen molar-refractivity contribution in [3.05, 3.63) is 59.7 Å². The van der Waals surface area contributed by atoms with Gasteiger partial charge >= 0.3 is 18.1 Å². The number of hydrogen-bond donors (Lipinski definition) is 6. The Morgan fingerprint density at radius 3 is 2.50 bits per heavy atom. The van der Waals surface area contributed by atoms with Crippen LogP contribution < -0.4 is 21.3 Å². The summed E-state index contributed by atoms with van der Waals surface area (Å²) in [5.41, 5.74) is 3.53. The molecule has 5 amide bonds. The average molecular weight is 608 g/mol. The van der Waals surface area contributed by atoms with Crippen LogP contribution in [0, 0.1) is 0 Å². The molecule has 2 heterocycles. The molecule has 44 heavy (non-hydrogen) atoms. The smallest absolute Gasteiger partial charge is 0.408 e. The van der Waals surface area contributed by atoms with Crippen LogP contribution >= 0.6 is 0 Å². The lowest BCUT2D eigenvalue weighted by molar-refractivity contribution is -0.139. The number of rotatable bonds is 13. The lowest BCUT2D eigenvalue weighted by Crippen LogP contribution is -2.50. The minimum atomic E-state index is -1.50. The minimum absolute atomic E-state index is 0.0291. The Balaban J connectivity index is 1.17. The lowest BCUT2D eigenvalue weighted by atomic mass is 9.87. The van der Waals surface area contributed by atoms with E-state index in [2.05, 4.69) is 52.0 Å². The van der Waals surface area contributed by atoms with Crippen LogP contribution in [0.3, 0.4) is 0 Å². The highest BCUT2D eigenvalue weighted by Crippen LogP contribution is 2.22. The van der Waals surface area contributed by atoms with E-state index >= 15 is 0 Å². The fourth-order valence-corrected chi connectivity index (χ4v) is 4.52. The molecule has 0 aliphatic carbocycles. The predicted molar refractivity (Wildman–Crippen MR) is 161 cm³/mol. The summed E-state index contributed by atoms with van der Waals surface area (Å²) < 4.78 is 5.13. The molecule has 1 aliphatic rings. The van der Waals surface area contributed by atoms with Gasteiger partial charge in [-0.3, -0.25) is 14.5 Å². The summed E-state index contributed by atoms with van der Waals surface area (Å²) in [5.74, 6) is -2.12. The maximum atomic E-state index is 12.7. The number of carboxylic acids is 1. The topological polar surface area (TPSA) is 195 Å². The molecule has 1 aromatic heterocycles. The van der Waals surface area contributed by atoms with E-state index in [4.69, 9.17) is 4.74 Å². The number of nitrogens with zero attached hydrogens (tertiary/aromatic N) is 2. The Morgan fingerprint density at radius 2 is 1.82 bits per heavy atom. The number of fused-ring (bicyclic) bond motifs is 1. The number of carbonyl (C=O) groups excluding carboxylic acids is 4. The molecule has 14 heteroatoms. The molecular weight excluding hydrogens is 570 g/mol. The number of aromatic nitrogens is 2. The Kier molecular flexibility index (Phi) is 10.0. The van der Waals surface area contributed by atoms with E-state index in [1.54, 1.807) is 0 Å². The number of imide groups is 1. The molecule has 2 aromatic carbocycles. The number of imidazole rings is 1. The first-order valence-electron chi connectivity index (χ1n) is 14.2. The van der Waals surface area contributed by atoms with Gasteiger partial charge in [0.05, 0.1) is 11.0 Å². The number of aliphatic carboxylic acids is 1. The molecule has 0 radical (unpaired) electrons. The summed E-state index contributed by atoms with van der Waals surface area (Å²) in [6, 6.07) is 12.1. The summed E-state index contributed by atoms with van der Waals surface area (Å²) in [7, 11) is 0. The van der Waals surface area contributed by atoms with Crippen molar-refractivity contribution in [3.63, 3.8) is 0 Å². The minimum Gasteiger partial charge on any atom is -0.480 e. The Bertz CT molecular complexity index is 1480. The number of aromatic amines is 1. The van der Waals surface area contributed by atoms with Crippen LogP contribution in [0.25, 0.3) is 11.0 Å². The zero-order valence-corrected chi connectivity index (χ0v) is 24.8. The molecule has 2 atom stereocenters. The number of nitrogens with one attached hydrogen (secondary N) is 5. The first-order chi connectivity index (χ1) is 20.9. The SMILES string of the molecule is CC(C)(C)c1ccc(COC(=O)N[C@@H](CNC(=O)CN2C(=O)N[C@@H](CCCNc3nc4ccccc4[nH]3)C2=O)C(=O)O)cc1. The molecule has 0 spiro atoms.